The fourth-order valence-corrected chi connectivity index (χ4v) is 2.06. The number of rotatable bonds is 7. The third kappa shape index (κ3) is 3.96. The first-order valence-electron chi connectivity index (χ1n) is 6.73. The fraction of sp³-hybridized carbons (Fsp3) is 0.533. The molecule has 1 unspecified atom stereocenters. The van der Waals surface area contributed by atoms with E-state index >= 15 is 0 Å². The summed E-state index contributed by atoms with van der Waals surface area (Å²) in [4.78, 5) is 11.8. The highest BCUT2D eigenvalue weighted by atomic mass is 79.9. The van der Waals surface area contributed by atoms with E-state index in [4.69, 9.17) is 4.74 Å². The van der Waals surface area contributed by atoms with E-state index in [0.29, 0.717) is 24.2 Å². The summed E-state index contributed by atoms with van der Waals surface area (Å²) < 4.78 is 5.74. The van der Waals surface area contributed by atoms with Crippen LogP contribution in [-0.4, -0.2) is 15.9 Å². The molecule has 0 fully saturated rings. The van der Waals surface area contributed by atoms with Crippen LogP contribution in [0.3, 0.4) is 0 Å². The first-order valence-corrected chi connectivity index (χ1v) is 7.65. The van der Waals surface area contributed by atoms with E-state index in [1.54, 1.807) is 19.1 Å². The molecule has 1 atom stereocenters. The van der Waals surface area contributed by atoms with E-state index < -0.39 is 0 Å². The van der Waals surface area contributed by atoms with Crippen molar-refractivity contribution in [3.05, 3.63) is 23.3 Å². The monoisotopic (exact) mass is 328 g/mol. The molecule has 0 radical (unpaired) electrons. The Morgan fingerprint density at radius 2 is 2.05 bits per heavy atom. The Labute approximate surface area is 123 Å². The minimum atomic E-state index is -0.0877. The molecule has 1 rings (SSSR count). The van der Waals surface area contributed by atoms with Crippen molar-refractivity contribution in [3.8, 4) is 11.5 Å². The summed E-state index contributed by atoms with van der Waals surface area (Å²) in [7, 11) is 0. The van der Waals surface area contributed by atoms with Gasteiger partial charge < -0.3 is 9.84 Å². The Morgan fingerprint density at radius 1 is 1.37 bits per heavy atom. The molecule has 1 aromatic carbocycles. The zero-order valence-corrected chi connectivity index (χ0v) is 13.3. The largest absolute Gasteiger partial charge is 0.507 e. The van der Waals surface area contributed by atoms with E-state index in [9.17, 15) is 9.90 Å². The predicted octanol–water partition coefficient (Wildman–Crippen LogP) is 4.45. The van der Waals surface area contributed by atoms with Crippen LogP contribution >= 0.6 is 15.9 Å². The fourth-order valence-electron chi connectivity index (χ4n) is 1.86. The van der Waals surface area contributed by atoms with Crippen LogP contribution in [0.25, 0.3) is 0 Å². The Balaban J connectivity index is 3.19. The smallest absolute Gasteiger partial charge is 0.166 e. The molecule has 0 heterocycles. The number of hydrogen-bond acceptors (Lipinski definition) is 3. The van der Waals surface area contributed by atoms with Gasteiger partial charge in [-0.15, -0.1) is 0 Å². The molecule has 1 aromatic rings. The van der Waals surface area contributed by atoms with Gasteiger partial charge in [-0.3, -0.25) is 4.79 Å². The van der Waals surface area contributed by atoms with Gasteiger partial charge >= 0.3 is 0 Å². The molecule has 0 aromatic heterocycles. The SMILES string of the molecule is CCCc1c(OC(Br)CC)ccc(C(=O)CC)c1O. The molecule has 106 valence electrons. The Hall–Kier alpha value is -1.03. The summed E-state index contributed by atoms with van der Waals surface area (Å²) in [6.45, 7) is 5.83. The molecule has 0 saturated carbocycles. The number of aromatic hydroxyl groups is 1. The van der Waals surface area contributed by atoms with E-state index in [1.165, 1.54) is 0 Å². The molecule has 0 amide bonds. The standard InChI is InChI=1S/C15H21BrO3/c1-4-7-11-13(19-14(16)6-3)9-8-10(15(11)18)12(17)5-2/h8-9,14,18H,4-7H2,1-3H3. The lowest BCUT2D eigenvalue weighted by atomic mass is 10.00. The Morgan fingerprint density at radius 3 is 2.58 bits per heavy atom. The number of carbonyl (C=O) groups excluding carboxylic acids is 1. The van der Waals surface area contributed by atoms with E-state index in [1.807, 2.05) is 13.8 Å². The molecule has 19 heavy (non-hydrogen) atoms. The lowest BCUT2D eigenvalue weighted by molar-refractivity contribution is 0.0985. The summed E-state index contributed by atoms with van der Waals surface area (Å²) in [6.07, 6.45) is 2.78. The maximum Gasteiger partial charge on any atom is 0.166 e. The molecule has 0 aliphatic heterocycles. The number of benzene rings is 1. The molecule has 4 heteroatoms. The minimum absolute atomic E-state index is 0.0488. The van der Waals surface area contributed by atoms with Crippen molar-refractivity contribution in [1.82, 2.24) is 0 Å². The highest BCUT2D eigenvalue weighted by Crippen LogP contribution is 2.34. The predicted molar refractivity (Wildman–Crippen MR) is 80.4 cm³/mol. The Bertz CT molecular complexity index is 443. The molecule has 0 bridgehead atoms. The minimum Gasteiger partial charge on any atom is -0.507 e. The van der Waals surface area contributed by atoms with E-state index in [0.717, 1.165) is 18.4 Å². The van der Waals surface area contributed by atoms with Crippen molar-refractivity contribution in [3.63, 3.8) is 0 Å². The van der Waals surface area contributed by atoms with Crippen LogP contribution in [0.4, 0.5) is 0 Å². The third-order valence-electron chi connectivity index (χ3n) is 2.94. The van der Waals surface area contributed by atoms with Crippen LogP contribution in [0.2, 0.25) is 0 Å². The number of ketones is 1. The van der Waals surface area contributed by atoms with Gasteiger partial charge in [-0.2, -0.15) is 0 Å². The quantitative estimate of drug-likeness (QED) is 0.594. The summed E-state index contributed by atoms with van der Waals surface area (Å²) in [5.74, 6) is 0.671. The second-order valence-corrected chi connectivity index (χ2v) is 5.42. The van der Waals surface area contributed by atoms with E-state index in [-0.39, 0.29) is 16.5 Å². The number of alkyl halides is 1. The van der Waals surface area contributed by atoms with Crippen LogP contribution in [0.1, 0.15) is 56.0 Å². The van der Waals surface area contributed by atoms with Crippen molar-refractivity contribution >= 4 is 21.7 Å². The van der Waals surface area contributed by atoms with Gasteiger partial charge in [-0.25, -0.2) is 0 Å². The average molecular weight is 329 g/mol. The van der Waals surface area contributed by atoms with Crippen molar-refractivity contribution < 1.29 is 14.6 Å². The molecule has 3 nitrogen and oxygen atoms in total. The molecular weight excluding hydrogens is 308 g/mol. The number of carbonyl (C=O) groups is 1. The zero-order chi connectivity index (χ0) is 14.4. The molecular formula is C15H21BrO3. The van der Waals surface area contributed by atoms with Gasteiger partial charge in [0.2, 0.25) is 0 Å². The lowest BCUT2D eigenvalue weighted by Crippen LogP contribution is -2.09. The average Bonchev–Trinajstić information content (AvgIpc) is 2.42. The van der Waals surface area contributed by atoms with Gasteiger partial charge in [0, 0.05) is 12.0 Å². The number of halogens is 1. The number of hydrogen-bond donors (Lipinski definition) is 1. The highest BCUT2D eigenvalue weighted by molar-refractivity contribution is 9.09. The molecule has 0 saturated heterocycles. The maximum atomic E-state index is 11.8. The second-order valence-electron chi connectivity index (χ2n) is 4.40. The summed E-state index contributed by atoms with van der Waals surface area (Å²) in [6, 6.07) is 3.42. The normalized spacial score (nSPS) is 12.2. The van der Waals surface area contributed by atoms with Crippen LogP contribution < -0.4 is 4.74 Å². The van der Waals surface area contributed by atoms with Gasteiger partial charge in [0.15, 0.2) is 10.8 Å². The molecule has 0 aliphatic rings. The first-order chi connectivity index (χ1) is 9.04. The van der Waals surface area contributed by atoms with Gasteiger partial charge in [0.1, 0.15) is 11.5 Å². The highest BCUT2D eigenvalue weighted by Gasteiger charge is 2.18. The molecule has 1 N–H and O–H groups in total. The number of Topliss-reactive ketones (excluding diaryl/α,β-unsaturated/α-hetero) is 1. The van der Waals surface area contributed by atoms with Gasteiger partial charge in [0.05, 0.1) is 5.56 Å². The topological polar surface area (TPSA) is 46.5 Å². The van der Waals surface area contributed by atoms with Crippen molar-refractivity contribution in [2.45, 2.75) is 51.5 Å². The van der Waals surface area contributed by atoms with Crippen molar-refractivity contribution in [2.24, 2.45) is 0 Å². The van der Waals surface area contributed by atoms with Crippen LogP contribution in [-0.2, 0) is 6.42 Å². The van der Waals surface area contributed by atoms with E-state index in [2.05, 4.69) is 15.9 Å². The van der Waals surface area contributed by atoms with Crippen molar-refractivity contribution in [1.29, 1.82) is 0 Å². The lowest BCUT2D eigenvalue weighted by Gasteiger charge is -2.17. The number of phenols is 1. The van der Waals surface area contributed by atoms with Crippen molar-refractivity contribution in [2.75, 3.05) is 0 Å². The first kappa shape index (κ1) is 16.0. The molecule has 0 aliphatic carbocycles. The third-order valence-corrected chi connectivity index (χ3v) is 3.77. The number of phenolic OH excluding ortho intramolecular Hbond substituents is 1. The van der Waals surface area contributed by atoms with Crippen LogP contribution in [0.15, 0.2) is 12.1 Å². The summed E-state index contributed by atoms with van der Waals surface area (Å²) >= 11 is 3.41. The van der Waals surface area contributed by atoms with Gasteiger partial charge in [0.25, 0.3) is 0 Å². The van der Waals surface area contributed by atoms with Crippen LogP contribution in [0, 0.1) is 0 Å². The molecule has 0 spiro atoms. The second kappa shape index (κ2) is 7.53. The van der Waals surface area contributed by atoms with Gasteiger partial charge in [-0.1, -0.05) is 27.2 Å². The van der Waals surface area contributed by atoms with Gasteiger partial charge in [-0.05, 0) is 40.9 Å². The Kier molecular flexibility index (Phi) is 6.35. The maximum absolute atomic E-state index is 11.8. The number of ether oxygens (including phenoxy) is 1. The summed E-state index contributed by atoms with van der Waals surface area (Å²) in [5.41, 5.74) is 1.11. The zero-order valence-electron chi connectivity index (χ0n) is 11.7. The summed E-state index contributed by atoms with van der Waals surface area (Å²) in [5, 5.41) is 10.2. The van der Waals surface area contributed by atoms with Crippen LogP contribution in [0.5, 0.6) is 11.5 Å².